The van der Waals surface area contributed by atoms with E-state index in [2.05, 4.69) is 0 Å². The molecule has 1 saturated carbocycles. The van der Waals surface area contributed by atoms with Crippen molar-refractivity contribution < 1.29 is 19.2 Å². The van der Waals surface area contributed by atoms with E-state index < -0.39 is 4.92 Å². The fourth-order valence-electron chi connectivity index (χ4n) is 2.40. The Bertz CT molecular complexity index is 514. The zero-order chi connectivity index (χ0) is 14.5. The highest BCUT2D eigenvalue weighted by Gasteiger charge is 2.24. The molecule has 0 saturated heterocycles. The number of nitrogens with zero attached hydrogens (tertiary/aromatic N) is 1. The van der Waals surface area contributed by atoms with E-state index >= 15 is 0 Å². The number of non-ortho nitro benzene ring substituents is 1. The number of carbonyl (C=O) groups excluding carboxylic acids is 1. The van der Waals surface area contributed by atoms with Gasteiger partial charge < -0.3 is 9.47 Å². The highest BCUT2D eigenvalue weighted by atomic mass is 16.6. The van der Waals surface area contributed by atoms with Gasteiger partial charge in [0.05, 0.1) is 24.7 Å². The fourth-order valence-corrected chi connectivity index (χ4v) is 2.40. The van der Waals surface area contributed by atoms with Gasteiger partial charge in [-0.15, -0.1) is 0 Å². The van der Waals surface area contributed by atoms with Crippen molar-refractivity contribution in [2.24, 2.45) is 5.92 Å². The quantitative estimate of drug-likeness (QED) is 0.591. The lowest BCUT2D eigenvalue weighted by molar-refractivity contribution is -0.385. The van der Waals surface area contributed by atoms with Crippen LogP contribution in [-0.4, -0.2) is 24.4 Å². The van der Waals surface area contributed by atoms with Crippen LogP contribution in [0.3, 0.4) is 0 Å². The van der Waals surface area contributed by atoms with Gasteiger partial charge in [-0.1, -0.05) is 0 Å². The van der Waals surface area contributed by atoms with Crippen LogP contribution < -0.4 is 9.47 Å². The zero-order valence-corrected chi connectivity index (χ0v) is 11.3. The van der Waals surface area contributed by atoms with Crippen LogP contribution in [-0.2, 0) is 4.79 Å². The maximum absolute atomic E-state index is 11.5. The second kappa shape index (κ2) is 6.36. The third-order valence-corrected chi connectivity index (χ3v) is 3.51. The molecule has 0 aliphatic heterocycles. The van der Waals surface area contributed by atoms with Gasteiger partial charge in [0, 0.05) is 18.4 Å². The first-order chi connectivity index (χ1) is 9.61. The van der Waals surface area contributed by atoms with Crippen LogP contribution in [0.5, 0.6) is 11.5 Å². The number of Topliss-reactive ketones (excluding diaryl/α,β-unsaturated/α-hetero) is 1. The molecule has 6 nitrogen and oxygen atoms in total. The minimum atomic E-state index is -0.479. The summed E-state index contributed by atoms with van der Waals surface area (Å²) in [6.07, 6.45) is 3.16. The topological polar surface area (TPSA) is 78.7 Å². The molecule has 1 aromatic rings. The molecule has 108 valence electrons. The van der Waals surface area contributed by atoms with Crippen LogP contribution in [0, 0.1) is 16.0 Å². The maximum Gasteiger partial charge on any atom is 0.273 e. The molecule has 0 bridgehead atoms. The summed E-state index contributed by atoms with van der Waals surface area (Å²) in [5, 5.41) is 10.7. The standard InChI is InChI=1S/C14H17NO5/c1-19-13-6-5-11(15(17)18)9-14(13)20-8-7-10-3-2-4-12(10)16/h5-6,9-10H,2-4,7-8H2,1H3. The number of benzene rings is 1. The zero-order valence-electron chi connectivity index (χ0n) is 11.3. The van der Waals surface area contributed by atoms with Crippen molar-refractivity contribution in [2.75, 3.05) is 13.7 Å². The van der Waals surface area contributed by atoms with Gasteiger partial charge in [0.15, 0.2) is 11.5 Å². The molecule has 6 heteroatoms. The highest BCUT2D eigenvalue weighted by Crippen LogP contribution is 2.32. The Kier molecular flexibility index (Phi) is 4.55. The molecule has 0 heterocycles. The molecule has 1 aliphatic rings. The largest absolute Gasteiger partial charge is 0.493 e. The minimum Gasteiger partial charge on any atom is -0.493 e. The van der Waals surface area contributed by atoms with E-state index in [4.69, 9.17) is 9.47 Å². The Morgan fingerprint density at radius 3 is 2.80 bits per heavy atom. The third-order valence-electron chi connectivity index (χ3n) is 3.51. The molecule has 20 heavy (non-hydrogen) atoms. The van der Waals surface area contributed by atoms with E-state index in [0.717, 1.165) is 12.8 Å². The van der Waals surface area contributed by atoms with Crippen molar-refractivity contribution in [3.63, 3.8) is 0 Å². The summed E-state index contributed by atoms with van der Waals surface area (Å²) in [6, 6.07) is 4.22. The van der Waals surface area contributed by atoms with Crippen molar-refractivity contribution in [3.05, 3.63) is 28.3 Å². The first kappa shape index (κ1) is 14.3. The Morgan fingerprint density at radius 1 is 1.40 bits per heavy atom. The molecule has 1 fully saturated rings. The Labute approximate surface area is 116 Å². The van der Waals surface area contributed by atoms with Gasteiger partial charge in [0.1, 0.15) is 5.78 Å². The molecular formula is C14H17NO5. The Balaban J connectivity index is 1.98. The van der Waals surface area contributed by atoms with Gasteiger partial charge in [-0.2, -0.15) is 0 Å². The molecule has 1 atom stereocenters. The molecule has 0 radical (unpaired) electrons. The highest BCUT2D eigenvalue weighted by molar-refractivity contribution is 5.82. The summed E-state index contributed by atoms with van der Waals surface area (Å²) >= 11 is 0. The normalized spacial score (nSPS) is 18.1. The van der Waals surface area contributed by atoms with E-state index in [1.165, 1.54) is 25.3 Å². The first-order valence-electron chi connectivity index (χ1n) is 6.59. The van der Waals surface area contributed by atoms with Gasteiger partial charge in [0.2, 0.25) is 0 Å². The van der Waals surface area contributed by atoms with Crippen molar-refractivity contribution in [1.29, 1.82) is 0 Å². The summed E-state index contributed by atoms with van der Waals surface area (Å²) in [4.78, 5) is 21.8. The number of ketones is 1. The van der Waals surface area contributed by atoms with Crippen LogP contribution in [0.15, 0.2) is 18.2 Å². The number of rotatable bonds is 6. The maximum atomic E-state index is 11.5. The molecule has 0 amide bonds. The second-order valence-corrected chi connectivity index (χ2v) is 4.78. The van der Waals surface area contributed by atoms with Gasteiger partial charge >= 0.3 is 0 Å². The number of methoxy groups -OCH3 is 1. The van der Waals surface area contributed by atoms with E-state index in [1.807, 2.05) is 0 Å². The summed E-state index contributed by atoms with van der Waals surface area (Å²) in [7, 11) is 1.48. The number of hydrogen-bond acceptors (Lipinski definition) is 5. The first-order valence-corrected chi connectivity index (χ1v) is 6.59. The molecule has 2 rings (SSSR count). The SMILES string of the molecule is COc1ccc([N+](=O)[O-])cc1OCCC1CCCC1=O. The van der Waals surface area contributed by atoms with Crippen LogP contribution in [0.25, 0.3) is 0 Å². The number of carbonyl (C=O) groups is 1. The van der Waals surface area contributed by atoms with E-state index in [9.17, 15) is 14.9 Å². The lowest BCUT2D eigenvalue weighted by Crippen LogP contribution is -2.11. The van der Waals surface area contributed by atoms with Crippen LogP contribution in [0.4, 0.5) is 5.69 Å². The average molecular weight is 279 g/mol. The summed E-state index contributed by atoms with van der Waals surface area (Å²) < 4.78 is 10.7. The van der Waals surface area contributed by atoms with Crippen molar-refractivity contribution in [3.8, 4) is 11.5 Å². The van der Waals surface area contributed by atoms with Gasteiger partial charge in [-0.25, -0.2) is 0 Å². The van der Waals surface area contributed by atoms with Gasteiger partial charge in [-0.05, 0) is 25.3 Å². The van der Waals surface area contributed by atoms with E-state index in [-0.39, 0.29) is 11.6 Å². The van der Waals surface area contributed by atoms with Crippen molar-refractivity contribution >= 4 is 11.5 Å². The average Bonchev–Trinajstić information content (AvgIpc) is 2.84. The van der Waals surface area contributed by atoms with E-state index in [0.29, 0.717) is 36.7 Å². The van der Waals surface area contributed by atoms with Gasteiger partial charge in [-0.3, -0.25) is 14.9 Å². The molecular weight excluding hydrogens is 262 g/mol. The predicted molar refractivity (Wildman–Crippen MR) is 72.1 cm³/mol. The predicted octanol–water partition coefficient (Wildman–Crippen LogP) is 2.74. The summed E-state index contributed by atoms with van der Waals surface area (Å²) in [5.41, 5.74) is -0.0438. The van der Waals surface area contributed by atoms with Crippen LogP contribution >= 0.6 is 0 Å². The third kappa shape index (κ3) is 3.26. The second-order valence-electron chi connectivity index (χ2n) is 4.78. The summed E-state index contributed by atoms with van der Waals surface area (Å²) in [5.74, 6) is 1.15. The lowest BCUT2D eigenvalue weighted by Gasteiger charge is -2.12. The number of ether oxygens (including phenoxy) is 2. The monoisotopic (exact) mass is 279 g/mol. The molecule has 1 aliphatic carbocycles. The number of hydrogen-bond donors (Lipinski definition) is 0. The van der Waals surface area contributed by atoms with E-state index in [1.54, 1.807) is 0 Å². The Hall–Kier alpha value is -2.11. The molecule has 1 aromatic carbocycles. The summed E-state index contributed by atoms with van der Waals surface area (Å²) in [6.45, 7) is 0.355. The Morgan fingerprint density at radius 2 is 2.20 bits per heavy atom. The van der Waals surface area contributed by atoms with Crippen molar-refractivity contribution in [2.45, 2.75) is 25.7 Å². The molecule has 0 N–H and O–H groups in total. The van der Waals surface area contributed by atoms with Crippen LogP contribution in [0.1, 0.15) is 25.7 Å². The van der Waals surface area contributed by atoms with Crippen LogP contribution in [0.2, 0.25) is 0 Å². The number of nitro groups is 1. The number of nitro benzene ring substituents is 1. The fraction of sp³-hybridized carbons (Fsp3) is 0.500. The molecule has 1 unspecified atom stereocenters. The van der Waals surface area contributed by atoms with Crippen molar-refractivity contribution in [1.82, 2.24) is 0 Å². The molecule has 0 aromatic heterocycles. The lowest BCUT2D eigenvalue weighted by atomic mass is 10.0. The minimum absolute atomic E-state index is 0.0438. The van der Waals surface area contributed by atoms with Gasteiger partial charge in [0.25, 0.3) is 5.69 Å². The molecule has 0 spiro atoms. The smallest absolute Gasteiger partial charge is 0.273 e.